The topological polar surface area (TPSA) is 0 Å². The molecule has 0 aliphatic rings. The first-order valence-corrected chi connectivity index (χ1v) is 4.86. The van der Waals surface area contributed by atoms with Crippen LogP contribution in [0.4, 0.5) is 0 Å². The first-order valence-electron chi connectivity index (χ1n) is 3.15. The Morgan fingerprint density at radius 1 is 1.45 bits per heavy atom. The van der Waals surface area contributed by atoms with Crippen LogP contribution in [-0.4, -0.2) is 0 Å². The Balaban J connectivity index is 3.21. The fourth-order valence-corrected chi connectivity index (χ4v) is 1.76. The van der Waals surface area contributed by atoms with Crippen molar-refractivity contribution in [1.82, 2.24) is 0 Å². The highest BCUT2D eigenvalue weighted by molar-refractivity contribution is 9.10. The molecule has 0 heterocycles. The van der Waals surface area contributed by atoms with E-state index in [1.807, 2.05) is 19.1 Å². The number of rotatable bonds is 1. The van der Waals surface area contributed by atoms with Crippen LogP contribution in [0, 0.1) is 6.92 Å². The van der Waals surface area contributed by atoms with Crippen molar-refractivity contribution >= 4 is 39.1 Å². The molecule has 0 spiro atoms. The lowest BCUT2D eigenvalue weighted by Gasteiger charge is -2.03. The van der Waals surface area contributed by atoms with Crippen LogP contribution in [0.5, 0.6) is 0 Å². The fourth-order valence-electron chi connectivity index (χ4n) is 0.831. The van der Waals surface area contributed by atoms with Gasteiger partial charge in [0.1, 0.15) is 0 Å². The molecule has 0 saturated heterocycles. The Kier molecular flexibility index (Phi) is 3.23. The molecule has 0 saturated carbocycles. The van der Waals surface area contributed by atoms with Gasteiger partial charge in [0.25, 0.3) is 0 Å². The fraction of sp³-hybridized carbons (Fsp3) is 0.250. The van der Waals surface area contributed by atoms with E-state index in [1.165, 1.54) is 0 Å². The van der Waals surface area contributed by atoms with Crippen molar-refractivity contribution in [2.24, 2.45) is 0 Å². The van der Waals surface area contributed by atoms with Crippen LogP contribution >= 0.6 is 39.1 Å². The monoisotopic (exact) mass is 252 g/mol. The molecule has 0 fully saturated rings. The largest absolute Gasteiger partial charge is 0.122 e. The zero-order valence-electron chi connectivity index (χ0n) is 6.00. The van der Waals surface area contributed by atoms with Gasteiger partial charge in [-0.05, 0) is 46.1 Å². The third-order valence-corrected chi connectivity index (χ3v) is 3.01. The standard InChI is InChI=1S/C8H7BrCl2/c1-5-2-7(9)8(11)3-6(5)4-10/h2-3H,4H2,1H3. The molecule has 60 valence electrons. The van der Waals surface area contributed by atoms with Gasteiger partial charge in [-0.1, -0.05) is 11.6 Å². The van der Waals surface area contributed by atoms with Gasteiger partial charge in [-0.15, -0.1) is 11.6 Å². The van der Waals surface area contributed by atoms with Gasteiger partial charge < -0.3 is 0 Å². The van der Waals surface area contributed by atoms with Crippen LogP contribution in [-0.2, 0) is 5.88 Å². The van der Waals surface area contributed by atoms with Gasteiger partial charge in [-0.2, -0.15) is 0 Å². The van der Waals surface area contributed by atoms with Gasteiger partial charge in [0.15, 0.2) is 0 Å². The summed E-state index contributed by atoms with van der Waals surface area (Å²) in [5.74, 6) is 0.513. The van der Waals surface area contributed by atoms with Gasteiger partial charge >= 0.3 is 0 Å². The zero-order chi connectivity index (χ0) is 8.43. The molecule has 0 aliphatic heterocycles. The third-order valence-electron chi connectivity index (χ3n) is 1.52. The van der Waals surface area contributed by atoms with Crippen LogP contribution in [0.15, 0.2) is 16.6 Å². The van der Waals surface area contributed by atoms with Crippen LogP contribution in [0.1, 0.15) is 11.1 Å². The normalized spacial score (nSPS) is 10.2. The number of benzene rings is 1. The lowest BCUT2D eigenvalue weighted by molar-refractivity contribution is 1.29. The van der Waals surface area contributed by atoms with Crippen molar-refractivity contribution in [3.05, 3.63) is 32.8 Å². The van der Waals surface area contributed by atoms with Gasteiger partial charge in [0, 0.05) is 10.4 Å². The molecule has 0 bridgehead atoms. The summed E-state index contributed by atoms with van der Waals surface area (Å²) in [6.45, 7) is 2.01. The Morgan fingerprint density at radius 3 is 2.64 bits per heavy atom. The van der Waals surface area contributed by atoms with Gasteiger partial charge in [0.2, 0.25) is 0 Å². The number of hydrogen-bond donors (Lipinski definition) is 0. The molecule has 0 aromatic heterocycles. The Bertz CT molecular complexity index is 271. The first-order chi connectivity index (χ1) is 5.15. The molecule has 0 atom stereocenters. The van der Waals surface area contributed by atoms with E-state index in [2.05, 4.69) is 15.9 Å². The van der Waals surface area contributed by atoms with Crippen LogP contribution in [0.2, 0.25) is 5.02 Å². The summed E-state index contributed by atoms with van der Waals surface area (Å²) in [5.41, 5.74) is 2.25. The summed E-state index contributed by atoms with van der Waals surface area (Å²) >= 11 is 14.9. The van der Waals surface area contributed by atoms with E-state index in [9.17, 15) is 0 Å². The van der Waals surface area contributed by atoms with Gasteiger partial charge in [0.05, 0.1) is 5.02 Å². The molecule has 1 rings (SSSR count). The molecule has 0 nitrogen and oxygen atoms in total. The molecule has 0 amide bonds. The maximum atomic E-state index is 5.86. The average Bonchev–Trinajstić information content (AvgIpc) is 1.97. The summed E-state index contributed by atoms with van der Waals surface area (Å²) in [5, 5.41) is 0.714. The van der Waals surface area contributed by atoms with Crippen molar-refractivity contribution in [1.29, 1.82) is 0 Å². The molecule has 0 radical (unpaired) electrons. The highest BCUT2D eigenvalue weighted by Gasteiger charge is 2.01. The first kappa shape index (κ1) is 9.37. The van der Waals surface area contributed by atoms with Crippen molar-refractivity contribution in [2.75, 3.05) is 0 Å². The van der Waals surface area contributed by atoms with E-state index < -0.39 is 0 Å². The van der Waals surface area contributed by atoms with Crippen LogP contribution in [0.3, 0.4) is 0 Å². The minimum atomic E-state index is 0.513. The molecule has 0 aliphatic carbocycles. The van der Waals surface area contributed by atoms with E-state index in [-0.39, 0.29) is 0 Å². The van der Waals surface area contributed by atoms with E-state index in [1.54, 1.807) is 0 Å². The second kappa shape index (κ2) is 3.79. The lowest BCUT2D eigenvalue weighted by Crippen LogP contribution is -1.84. The molecule has 11 heavy (non-hydrogen) atoms. The summed E-state index contributed by atoms with van der Waals surface area (Å²) in [4.78, 5) is 0. The second-order valence-corrected chi connectivity index (χ2v) is 3.86. The van der Waals surface area contributed by atoms with E-state index in [4.69, 9.17) is 23.2 Å². The summed E-state index contributed by atoms with van der Waals surface area (Å²) < 4.78 is 0.922. The summed E-state index contributed by atoms with van der Waals surface area (Å²) in [6.07, 6.45) is 0. The Hall–Kier alpha value is 0.280. The van der Waals surface area contributed by atoms with Crippen molar-refractivity contribution in [3.8, 4) is 0 Å². The van der Waals surface area contributed by atoms with E-state index in [0.717, 1.165) is 15.6 Å². The highest BCUT2D eigenvalue weighted by atomic mass is 79.9. The minimum Gasteiger partial charge on any atom is -0.122 e. The summed E-state index contributed by atoms with van der Waals surface area (Å²) in [7, 11) is 0. The quantitative estimate of drug-likeness (QED) is 0.660. The van der Waals surface area contributed by atoms with Crippen molar-refractivity contribution in [3.63, 3.8) is 0 Å². The van der Waals surface area contributed by atoms with Crippen molar-refractivity contribution < 1.29 is 0 Å². The van der Waals surface area contributed by atoms with E-state index in [0.29, 0.717) is 10.9 Å². The van der Waals surface area contributed by atoms with Crippen LogP contribution in [0.25, 0.3) is 0 Å². The number of hydrogen-bond acceptors (Lipinski definition) is 0. The molecule has 0 unspecified atom stereocenters. The Morgan fingerprint density at radius 2 is 2.09 bits per heavy atom. The molecule has 0 N–H and O–H groups in total. The average molecular weight is 254 g/mol. The molecule has 1 aromatic carbocycles. The molecular weight excluding hydrogens is 247 g/mol. The lowest BCUT2D eigenvalue weighted by atomic mass is 10.1. The molecule has 3 heteroatoms. The summed E-state index contributed by atoms with van der Waals surface area (Å²) in [6, 6.07) is 3.86. The van der Waals surface area contributed by atoms with Crippen LogP contribution < -0.4 is 0 Å². The van der Waals surface area contributed by atoms with Crippen molar-refractivity contribution in [2.45, 2.75) is 12.8 Å². The predicted molar refractivity (Wildman–Crippen MR) is 53.4 cm³/mol. The third kappa shape index (κ3) is 2.11. The predicted octanol–water partition coefficient (Wildman–Crippen LogP) is 4.15. The highest BCUT2D eigenvalue weighted by Crippen LogP contribution is 2.26. The zero-order valence-corrected chi connectivity index (χ0v) is 9.09. The second-order valence-electron chi connectivity index (χ2n) is 2.33. The van der Waals surface area contributed by atoms with Gasteiger partial charge in [-0.3, -0.25) is 0 Å². The number of halogens is 3. The maximum Gasteiger partial charge on any atom is 0.0551 e. The maximum absolute atomic E-state index is 5.86. The minimum absolute atomic E-state index is 0.513. The number of alkyl halides is 1. The Labute approximate surface area is 84.6 Å². The smallest absolute Gasteiger partial charge is 0.0551 e. The molecule has 1 aromatic rings. The van der Waals surface area contributed by atoms with E-state index >= 15 is 0 Å². The van der Waals surface area contributed by atoms with Gasteiger partial charge in [-0.25, -0.2) is 0 Å². The molecular formula is C8H7BrCl2. The number of aryl methyl sites for hydroxylation is 1. The SMILES string of the molecule is Cc1cc(Br)c(Cl)cc1CCl.